The third kappa shape index (κ3) is 5.75. The molecule has 0 aromatic rings. The lowest BCUT2D eigenvalue weighted by molar-refractivity contribution is -0.121. The van der Waals surface area contributed by atoms with Crippen molar-refractivity contribution in [1.82, 2.24) is 10.6 Å². The number of sulfone groups is 1. The van der Waals surface area contributed by atoms with Crippen LogP contribution in [-0.4, -0.2) is 44.0 Å². The third-order valence-corrected chi connectivity index (χ3v) is 6.67. The van der Waals surface area contributed by atoms with E-state index >= 15 is 0 Å². The number of nitrogens with one attached hydrogen (secondary N) is 2. The Labute approximate surface area is 134 Å². The van der Waals surface area contributed by atoms with E-state index in [2.05, 4.69) is 17.6 Å². The molecule has 2 atom stereocenters. The van der Waals surface area contributed by atoms with Crippen molar-refractivity contribution in [2.45, 2.75) is 69.2 Å². The van der Waals surface area contributed by atoms with Crippen LogP contribution in [0.3, 0.4) is 0 Å². The first-order chi connectivity index (χ1) is 9.47. The second-order valence-electron chi connectivity index (χ2n) is 6.17. The highest BCUT2D eigenvalue weighted by molar-refractivity contribution is 7.92. The first-order valence-corrected chi connectivity index (χ1v) is 9.43. The Bertz CT molecular complexity index is 436. The Morgan fingerprint density at radius 2 is 1.90 bits per heavy atom. The van der Waals surface area contributed by atoms with Crippen molar-refractivity contribution in [3.8, 4) is 0 Å². The van der Waals surface area contributed by atoms with Crippen molar-refractivity contribution < 1.29 is 13.2 Å². The van der Waals surface area contributed by atoms with Crippen LogP contribution in [0.1, 0.15) is 51.9 Å². The van der Waals surface area contributed by atoms with Gasteiger partial charge in [0.1, 0.15) is 0 Å². The summed E-state index contributed by atoms with van der Waals surface area (Å²) in [6.45, 7) is 3.01. The number of halogens is 1. The molecule has 0 radical (unpaired) electrons. The fraction of sp³-hybridized carbons (Fsp3) is 0.929. The number of carbonyl (C=O) groups excluding carboxylic acids is 1. The second-order valence-corrected chi connectivity index (χ2v) is 8.57. The molecule has 0 spiro atoms. The highest BCUT2D eigenvalue weighted by Gasteiger charge is 2.29. The molecular formula is C14H27ClN2O3S. The minimum Gasteiger partial charge on any atom is -0.353 e. The molecule has 124 valence electrons. The van der Waals surface area contributed by atoms with Crippen LogP contribution in [-0.2, 0) is 14.6 Å². The van der Waals surface area contributed by atoms with Gasteiger partial charge in [0.25, 0.3) is 0 Å². The maximum Gasteiger partial charge on any atom is 0.221 e. The van der Waals surface area contributed by atoms with E-state index in [0.717, 1.165) is 45.1 Å². The van der Waals surface area contributed by atoms with Crippen molar-refractivity contribution in [1.29, 1.82) is 0 Å². The molecule has 21 heavy (non-hydrogen) atoms. The summed E-state index contributed by atoms with van der Waals surface area (Å²) in [5.74, 6) is -0.116. The molecule has 1 aliphatic carbocycles. The predicted molar refractivity (Wildman–Crippen MR) is 86.5 cm³/mol. The van der Waals surface area contributed by atoms with Crippen molar-refractivity contribution in [2.24, 2.45) is 0 Å². The number of hydrogen-bond donors (Lipinski definition) is 2. The molecule has 0 bridgehead atoms. The van der Waals surface area contributed by atoms with E-state index in [4.69, 9.17) is 0 Å². The zero-order chi connectivity index (χ0) is 14.6. The maximum absolute atomic E-state index is 12.1. The molecular weight excluding hydrogens is 312 g/mol. The number of piperidine rings is 1. The third-order valence-electron chi connectivity index (χ3n) is 4.41. The van der Waals surface area contributed by atoms with Crippen LogP contribution in [0.4, 0.5) is 0 Å². The van der Waals surface area contributed by atoms with Crippen LogP contribution in [0, 0.1) is 0 Å². The van der Waals surface area contributed by atoms with E-state index in [1.54, 1.807) is 0 Å². The zero-order valence-electron chi connectivity index (χ0n) is 12.6. The molecule has 1 saturated carbocycles. The van der Waals surface area contributed by atoms with Crippen LogP contribution < -0.4 is 10.6 Å². The number of rotatable bonds is 5. The van der Waals surface area contributed by atoms with Gasteiger partial charge >= 0.3 is 0 Å². The average Bonchev–Trinajstić information content (AvgIpc) is 2.91. The normalized spacial score (nSPS) is 27.1. The van der Waals surface area contributed by atoms with Crippen LogP contribution in [0.5, 0.6) is 0 Å². The van der Waals surface area contributed by atoms with Gasteiger partial charge in [0.15, 0.2) is 9.84 Å². The Hall–Kier alpha value is -0.330. The van der Waals surface area contributed by atoms with Crippen molar-refractivity contribution in [3.63, 3.8) is 0 Å². The monoisotopic (exact) mass is 338 g/mol. The van der Waals surface area contributed by atoms with Gasteiger partial charge in [-0.15, -0.1) is 12.4 Å². The molecule has 5 nitrogen and oxygen atoms in total. The minimum atomic E-state index is -3.08. The minimum absolute atomic E-state index is 0. The first kappa shape index (κ1) is 18.7. The molecule has 1 amide bonds. The highest BCUT2D eigenvalue weighted by Crippen LogP contribution is 2.25. The number of carbonyl (C=O) groups is 1. The van der Waals surface area contributed by atoms with Crippen LogP contribution in [0.2, 0.25) is 0 Å². The van der Waals surface area contributed by atoms with E-state index in [0.29, 0.717) is 6.04 Å². The smallest absolute Gasteiger partial charge is 0.221 e. The molecule has 7 heteroatoms. The van der Waals surface area contributed by atoms with Crippen molar-refractivity contribution in [2.75, 3.05) is 12.3 Å². The van der Waals surface area contributed by atoms with Crippen LogP contribution >= 0.6 is 12.4 Å². The number of hydrogen-bond acceptors (Lipinski definition) is 4. The van der Waals surface area contributed by atoms with Gasteiger partial charge in [-0.1, -0.05) is 12.8 Å². The van der Waals surface area contributed by atoms with Gasteiger partial charge in [0, 0.05) is 18.5 Å². The van der Waals surface area contributed by atoms with E-state index in [1.165, 1.54) is 0 Å². The summed E-state index contributed by atoms with van der Waals surface area (Å²) < 4.78 is 24.2. The van der Waals surface area contributed by atoms with E-state index in [9.17, 15) is 13.2 Å². The molecule has 1 aliphatic heterocycles. The van der Waals surface area contributed by atoms with Gasteiger partial charge in [-0.25, -0.2) is 8.42 Å². The first-order valence-electron chi connectivity index (χ1n) is 7.71. The Morgan fingerprint density at radius 1 is 1.24 bits per heavy atom. The summed E-state index contributed by atoms with van der Waals surface area (Å²) in [7, 11) is -3.08. The quantitative estimate of drug-likeness (QED) is 0.794. The lowest BCUT2D eigenvalue weighted by Gasteiger charge is -2.28. The Morgan fingerprint density at radius 3 is 2.52 bits per heavy atom. The van der Waals surface area contributed by atoms with E-state index in [-0.39, 0.29) is 41.8 Å². The standard InChI is InChI=1S/C14H26N2O3S.ClH/c1-11-10-12(6-8-15-11)16-14(17)7-9-20(18,19)13-4-2-3-5-13;/h11-13,15H,2-10H2,1H3,(H,16,17);1H. The van der Waals surface area contributed by atoms with Gasteiger partial charge in [-0.3, -0.25) is 4.79 Å². The summed E-state index contributed by atoms with van der Waals surface area (Å²) in [5.41, 5.74) is 0. The average molecular weight is 339 g/mol. The topological polar surface area (TPSA) is 75.3 Å². The fourth-order valence-electron chi connectivity index (χ4n) is 3.21. The number of amides is 1. The summed E-state index contributed by atoms with van der Waals surface area (Å²) >= 11 is 0. The van der Waals surface area contributed by atoms with Gasteiger partial charge in [0.2, 0.25) is 5.91 Å². The second kappa shape index (κ2) is 8.34. The predicted octanol–water partition coefficient (Wildman–Crippen LogP) is 1.41. The van der Waals surface area contributed by atoms with Gasteiger partial charge in [0.05, 0.1) is 11.0 Å². The lowest BCUT2D eigenvalue weighted by atomic mass is 10.0. The lowest BCUT2D eigenvalue weighted by Crippen LogP contribution is -2.46. The van der Waals surface area contributed by atoms with Gasteiger partial charge in [-0.2, -0.15) is 0 Å². The molecule has 0 aromatic heterocycles. The van der Waals surface area contributed by atoms with Crippen LogP contribution in [0.25, 0.3) is 0 Å². The largest absolute Gasteiger partial charge is 0.353 e. The highest BCUT2D eigenvalue weighted by atomic mass is 35.5. The molecule has 2 aliphatic rings. The molecule has 0 aromatic carbocycles. The molecule has 2 fully saturated rings. The Balaban J connectivity index is 0.00000220. The summed E-state index contributed by atoms with van der Waals surface area (Å²) in [4.78, 5) is 11.9. The summed E-state index contributed by atoms with van der Waals surface area (Å²) in [6, 6.07) is 0.601. The van der Waals surface area contributed by atoms with Crippen molar-refractivity contribution in [3.05, 3.63) is 0 Å². The molecule has 2 rings (SSSR count). The van der Waals surface area contributed by atoms with E-state index in [1.807, 2.05) is 0 Å². The summed E-state index contributed by atoms with van der Waals surface area (Å²) in [5, 5.41) is 6.10. The molecule has 1 heterocycles. The zero-order valence-corrected chi connectivity index (χ0v) is 14.3. The fourth-order valence-corrected chi connectivity index (χ4v) is 5.07. The Kier molecular flexibility index (Phi) is 7.44. The molecule has 2 unspecified atom stereocenters. The van der Waals surface area contributed by atoms with Gasteiger partial charge in [-0.05, 0) is 39.2 Å². The maximum atomic E-state index is 12.1. The SMILES string of the molecule is CC1CC(NC(=O)CCS(=O)(=O)C2CCCC2)CCN1.Cl. The van der Waals surface area contributed by atoms with Gasteiger partial charge < -0.3 is 10.6 Å². The van der Waals surface area contributed by atoms with Crippen molar-refractivity contribution >= 4 is 28.2 Å². The van der Waals surface area contributed by atoms with E-state index < -0.39 is 9.84 Å². The van der Waals surface area contributed by atoms with Crippen LogP contribution in [0.15, 0.2) is 0 Å². The molecule has 2 N–H and O–H groups in total. The summed E-state index contributed by atoms with van der Waals surface area (Å²) in [6.07, 6.45) is 5.50. The molecule has 1 saturated heterocycles.